The van der Waals surface area contributed by atoms with E-state index in [4.69, 9.17) is 11.6 Å². The van der Waals surface area contributed by atoms with Crippen LogP contribution in [0.1, 0.15) is 98.8 Å². The van der Waals surface area contributed by atoms with Gasteiger partial charge in [0.25, 0.3) is 0 Å². The molecule has 0 spiro atoms. The fourth-order valence-electron chi connectivity index (χ4n) is 8.79. The van der Waals surface area contributed by atoms with E-state index in [9.17, 15) is 0 Å². The van der Waals surface area contributed by atoms with Crippen LogP contribution in [0.2, 0.25) is 0 Å². The molecule has 0 heterocycles. The van der Waals surface area contributed by atoms with Gasteiger partial charge >= 0.3 is 0 Å². The monoisotopic (exact) mass is 404 g/mol. The summed E-state index contributed by atoms with van der Waals surface area (Å²) in [6.45, 7) is 12.7. The second-order valence-corrected chi connectivity index (χ2v) is 12.7. The molecule has 9 atom stereocenters. The summed E-state index contributed by atoms with van der Waals surface area (Å²) in [5, 5.41) is 0.283. The zero-order valence-electron chi connectivity index (χ0n) is 19.2. The predicted molar refractivity (Wildman–Crippen MR) is 123 cm³/mol. The van der Waals surface area contributed by atoms with E-state index in [0.29, 0.717) is 10.8 Å². The molecule has 0 N–H and O–H groups in total. The molecule has 0 aromatic rings. The van der Waals surface area contributed by atoms with Crippen molar-refractivity contribution in [3.63, 3.8) is 0 Å². The zero-order chi connectivity index (χ0) is 20.1. The standard InChI is InChI=1S/C27H45Cl/c1-18(2)7-6-8-19(3)23-11-12-24-22-10-9-20-17-21(28)13-15-26(20,4)25(22)14-16-27(23,24)5/h13,15,18-25H,6-12,14,16-17H2,1-5H3/t19-,20?,21?,22+,23-,24+,25+,26+,27-/m1/s1. The van der Waals surface area contributed by atoms with Gasteiger partial charge in [-0.3, -0.25) is 0 Å². The van der Waals surface area contributed by atoms with E-state index in [1.807, 2.05) is 0 Å². The molecule has 0 bridgehead atoms. The Labute approximate surface area is 180 Å². The summed E-state index contributed by atoms with van der Waals surface area (Å²) < 4.78 is 0. The van der Waals surface area contributed by atoms with Crippen molar-refractivity contribution < 1.29 is 0 Å². The minimum atomic E-state index is 0.283. The van der Waals surface area contributed by atoms with Crippen LogP contribution in [-0.4, -0.2) is 5.38 Å². The Balaban J connectivity index is 1.48. The van der Waals surface area contributed by atoms with Crippen LogP contribution >= 0.6 is 11.6 Å². The van der Waals surface area contributed by atoms with Gasteiger partial charge in [-0.05, 0) is 97.2 Å². The highest BCUT2D eigenvalue weighted by molar-refractivity contribution is 6.21. The molecule has 3 saturated carbocycles. The first-order valence-electron chi connectivity index (χ1n) is 12.6. The van der Waals surface area contributed by atoms with Crippen molar-refractivity contribution in [2.45, 2.75) is 104 Å². The van der Waals surface area contributed by atoms with Gasteiger partial charge in [0.2, 0.25) is 0 Å². The van der Waals surface area contributed by atoms with Crippen molar-refractivity contribution in [3.8, 4) is 0 Å². The summed E-state index contributed by atoms with van der Waals surface area (Å²) in [6.07, 6.45) is 19.3. The van der Waals surface area contributed by atoms with Gasteiger partial charge in [-0.25, -0.2) is 0 Å². The molecule has 0 amide bonds. The zero-order valence-corrected chi connectivity index (χ0v) is 20.0. The number of halogens is 1. The van der Waals surface area contributed by atoms with Gasteiger partial charge in [0.05, 0.1) is 5.38 Å². The molecule has 0 saturated heterocycles. The molecule has 160 valence electrons. The molecule has 0 radical (unpaired) electrons. The Bertz CT molecular complexity index is 579. The summed E-state index contributed by atoms with van der Waals surface area (Å²) in [5.41, 5.74) is 1.05. The van der Waals surface area contributed by atoms with Gasteiger partial charge in [-0.15, -0.1) is 11.6 Å². The quantitative estimate of drug-likeness (QED) is 0.318. The highest BCUT2D eigenvalue weighted by Gasteiger charge is 2.59. The van der Waals surface area contributed by atoms with E-state index in [0.717, 1.165) is 41.4 Å². The lowest BCUT2D eigenvalue weighted by atomic mass is 9.45. The average Bonchev–Trinajstić information content (AvgIpc) is 2.99. The van der Waals surface area contributed by atoms with E-state index in [2.05, 4.69) is 46.8 Å². The molecular weight excluding hydrogens is 360 g/mol. The van der Waals surface area contributed by atoms with Gasteiger partial charge in [0, 0.05) is 0 Å². The lowest BCUT2D eigenvalue weighted by Gasteiger charge is -2.59. The Hall–Kier alpha value is 0.0300. The second-order valence-electron chi connectivity index (χ2n) is 12.2. The fourth-order valence-corrected chi connectivity index (χ4v) is 9.08. The molecule has 4 aliphatic carbocycles. The van der Waals surface area contributed by atoms with Gasteiger partial charge in [-0.1, -0.05) is 66.0 Å². The topological polar surface area (TPSA) is 0 Å². The number of hydrogen-bond acceptors (Lipinski definition) is 0. The first kappa shape index (κ1) is 21.3. The molecule has 1 heteroatoms. The first-order valence-corrected chi connectivity index (χ1v) is 13.0. The third-order valence-corrected chi connectivity index (χ3v) is 10.7. The Morgan fingerprint density at radius 1 is 0.964 bits per heavy atom. The third kappa shape index (κ3) is 3.52. The van der Waals surface area contributed by atoms with Crippen molar-refractivity contribution in [1.29, 1.82) is 0 Å². The van der Waals surface area contributed by atoms with Crippen molar-refractivity contribution in [2.75, 3.05) is 0 Å². The number of rotatable bonds is 5. The average molecular weight is 405 g/mol. The van der Waals surface area contributed by atoms with Crippen LogP contribution in [0.5, 0.6) is 0 Å². The SMILES string of the molecule is CC(C)CCC[C@@H](C)[C@H]1CC[C@H]2[C@@H]3CCC4CC(Cl)C=C[C@]4(C)[C@H]3CC[C@]12C. The first-order chi connectivity index (χ1) is 13.3. The van der Waals surface area contributed by atoms with Crippen molar-refractivity contribution in [2.24, 2.45) is 52.3 Å². The second kappa shape index (κ2) is 7.94. The maximum Gasteiger partial charge on any atom is 0.0519 e. The molecular formula is C27H45Cl. The molecule has 4 aliphatic rings. The van der Waals surface area contributed by atoms with Crippen LogP contribution in [0, 0.1) is 52.3 Å². The summed E-state index contributed by atoms with van der Waals surface area (Å²) in [4.78, 5) is 0. The molecule has 4 rings (SSSR count). The number of alkyl halides is 1. The largest absolute Gasteiger partial charge is 0.118 e. The van der Waals surface area contributed by atoms with Gasteiger partial charge < -0.3 is 0 Å². The molecule has 0 nitrogen and oxygen atoms in total. The highest BCUT2D eigenvalue weighted by atomic mass is 35.5. The van der Waals surface area contributed by atoms with Gasteiger partial charge in [-0.2, -0.15) is 0 Å². The molecule has 0 aromatic heterocycles. The van der Waals surface area contributed by atoms with Crippen LogP contribution < -0.4 is 0 Å². The van der Waals surface area contributed by atoms with Crippen molar-refractivity contribution in [3.05, 3.63) is 12.2 Å². The molecule has 2 unspecified atom stereocenters. The Kier molecular flexibility index (Phi) is 6.03. The fraction of sp³-hybridized carbons (Fsp3) is 0.926. The minimum absolute atomic E-state index is 0.283. The summed E-state index contributed by atoms with van der Waals surface area (Å²) in [5.74, 6) is 6.47. The van der Waals surface area contributed by atoms with E-state index in [-0.39, 0.29) is 5.38 Å². The number of allylic oxidation sites excluding steroid dienone is 2. The van der Waals surface area contributed by atoms with Crippen LogP contribution in [0.3, 0.4) is 0 Å². The van der Waals surface area contributed by atoms with E-state index in [1.165, 1.54) is 64.2 Å². The normalized spacial score (nSPS) is 48.8. The van der Waals surface area contributed by atoms with E-state index in [1.54, 1.807) is 0 Å². The Morgan fingerprint density at radius 3 is 2.50 bits per heavy atom. The molecule has 28 heavy (non-hydrogen) atoms. The predicted octanol–water partition coefficient (Wildman–Crippen LogP) is 8.49. The lowest BCUT2D eigenvalue weighted by molar-refractivity contribution is -0.0843. The van der Waals surface area contributed by atoms with Crippen molar-refractivity contribution in [1.82, 2.24) is 0 Å². The van der Waals surface area contributed by atoms with E-state index >= 15 is 0 Å². The van der Waals surface area contributed by atoms with Crippen LogP contribution in [0.4, 0.5) is 0 Å². The van der Waals surface area contributed by atoms with Crippen LogP contribution in [0.15, 0.2) is 12.2 Å². The van der Waals surface area contributed by atoms with E-state index < -0.39 is 0 Å². The minimum Gasteiger partial charge on any atom is -0.118 e. The van der Waals surface area contributed by atoms with Gasteiger partial charge in [0.1, 0.15) is 0 Å². The third-order valence-electron chi connectivity index (χ3n) is 10.3. The van der Waals surface area contributed by atoms with Crippen molar-refractivity contribution >= 4 is 11.6 Å². The molecule has 0 aliphatic heterocycles. The maximum atomic E-state index is 6.51. The summed E-state index contributed by atoms with van der Waals surface area (Å²) in [7, 11) is 0. The summed E-state index contributed by atoms with van der Waals surface area (Å²) >= 11 is 6.51. The van der Waals surface area contributed by atoms with Gasteiger partial charge in [0.15, 0.2) is 0 Å². The lowest BCUT2D eigenvalue weighted by Crippen LogP contribution is -2.52. The molecule has 3 fully saturated rings. The summed E-state index contributed by atoms with van der Waals surface area (Å²) in [6, 6.07) is 0. The number of hydrogen-bond donors (Lipinski definition) is 0. The van der Waals surface area contributed by atoms with Crippen LogP contribution in [0.25, 0.3) is 0 Å². The number of fused-ring (bicyclic) bond motifs is 5. The van der Waals surface area contributed by atoms with Crippen LogP contribution in [-0.2, 0) is 0 Å². The smallest absolute Gasteiger partial charge is 0.0519 e. The highest BCUT2D eigenvalue weighted by Crippen LogP contribution is 2.67. The maximum absolute atomic E-state index is 6.51. The Morgan fingerprint density at radius 2 is 1.75 bits per heavy atom. The molecule has 0 aromatic carbocycles.